The molecule has 4 heterocycles. The van der Waals surface area contributed by atoms with E-state index < -0.39 is 11.6 Å². The molecule has 146 valence electrons. The second-order valence-electron chi connectivity index (χ2n) is 8.26. The Labute approximate surface area is 163 Å². The van der Waals surface area contributed by atoms with Crippen LogP contribution in [0.2, 0.25) is 0 Å². The zero-order valence-electron chi connectivity index (χ0n) is 16.2. The van der Waals surface area contributed by atoms with Crippen LogP contribution < -0.4 is 15.5 Å². The van der Waals surface area contributed by atoms with Gasteiger partial charge in [-0.3, -0.25) is 0 Å². The van der Waals surface area contributed by atoms with Gasteiger partial charge >= 0.3 is 5.97 Å². The van der Waals surface area contributed by atoms with Crippen LogP contribution in [-0.2, 0) is 4.74 Å². The highest BCUT2D eigenvalue weighted by atomic mass is 32.1. The van der Waals surface area contributed by atoms with Gasteiger partial charge in [-0.1, -0.05) is 0 Å². The predicted octanol–water partition coefficient (Wildman–Crippen LogP) is 3.43. The van der Waals surface area contributed by atoms with Gasteiger partial charge in [0.1, 0.15) is 21.1 Å². The van der Waals surface area contributed by atoms with Crippen LogP contribution in [0.4, 0.5) is 17.5 Å². The summed E-state index contributed by atoms with van der Waals surface area (Å²) in [5.41, 5.74) is 6.30. The number of nitrogens with two attached hydrogens (primary N) is 1. The third-order valence-electron chi connectivity index (χ3n) is 4.94. The van der Waals surface area contributed by atoms with E-state index in [1.54, 1.807) is 0 Å². The third kappa shape index (κ3) is 3.54. The molecule has 0 amide bonds. The number of carbonyl (C=O) groups excluding carboxylic acids is 1. The Morgan fingerprint density at radius 2 is 1.63 bits per heavy atom. The number of aromatic nitrogens is 2. The Morgan fingerprint density at radius 1 is 1.04 bits per heavy atom. The van der Waals surface area contributed by atoms with Crippen molar-refractivity contribution in [2.24, 2.45) is 0 Å². The van der Waals surface area contributed by atoms with Gasteiger partial charge in [-0.05, 0) is 46.5 Å². The fraction of sp³-hybridized carbons (Fsp3) is 0.632. The molecule has 0 bridgehead atoms. The van der Waals surface area contributed by atoms with Gasteiger partial charge in [0.25, 0.3) is 0 Å². The zero-order valence-corrected chi connectivity index (χ0v) is 17.1. The minimum absolute atomic E-state index is 0.391. The molecular formula is C19H27N5O2S. The van der Waals surface area contributed by atoms with Crippen LogP contribution in [0.1, 0.15) is 56.1 Å². The van der Waals surface area contributed by atoms with Gasteiger partial charge in [0.15, 0.2) is 0 Å². The lowest BCUT2D eigenvalue weighted by Gasteiger charge is -2.21. The van der Waals surface area contributed by atoms with Crippen LogP contribution in [-0.4, -0.2) is 47.7 Å². The number of carbonyl (C=O) groups is 1. The smallest absolute Gasteiger partial charge is 0.351 e. The van der Waals surface area contributed by atoms with Crippen LogP contribution in [0.25, 0.3) is 10.2 Å². The van der Waals surface area contributed by atoms with Crippen molar-refractivity contribution in [1.29, 1.82) is 0 Å². The first-order valence-corrected chi connectivity index (χ1v) is 10.5. The number of thiophene rings is 1. The minimum Gasteiger partial charge on any atom is -0.456 e. The molecule has 2 N–H and O–H groups in total. The summed E-state index contributed by atoms with van der Waals surface area (Å²) in [5, 5.41) is 0.797. The molecule has 2 aliphatic heterocycles. The second-order valence-corrected chi connectivity index (χ2v) is 9.26. The average Bonchev–Trinajstić information content (AvgIpc) is 3.34. The van der Waals surface area contributed by atoms with Gasteiger partial charge in [0, 0.05) is 26.2 Å². The van der Waals surface area contributed by atoms with E-state index in [0.29, 0.717) is 10.6 Å². The summed E-state index contributed by atoms with van der Waals surface area (Å²) in [5.74, 6) is 1.22. The molecule has 0 unspecified atom stereocenters. The van der Waals surface area contributed by atoms with Crippen molar-refractivity contribution in [1.82, 2.24) is 9.97 Å². The highest BCUT2D eigenvalue weighted by Crippen LogP contribution is 2.41. The fourth-order valence-corrected chi connectivity index (χ4v) is 4.65. The van der Waals surface area contributed by atoms with Crippen molar-refractivity contribution >= 4 is 45.0 Å². The molecule has 2 aliphatic rings. The van der Waals surface area contributed by atoms with Crippen LogP contribution in [0.3, 0.4) is 0 Å². The first kappa shape index (κ1) is 18.3. The minimum atomic E-state index is -0.566. The Balaban J connectivity index is 1.82. The third-order valence-corrected chi connectivity index (χ3v) is 6.02. The zero-order chi connectivity index (χ0) is 19.2. The maximum absolute atomic E-state index is 12.7. The van der Waals surface area contributed by atoms with E-state index in [1.807, 2.05) is 20.8 Å². The number of ether oxygens (including phenoxy) is 1. The fourth-order valence-electron chi connectivity index (χ4n) is 3.69. The summed E-state index contributed by atoms with van der Waals surface area (Å²) in [6.07, 6.45) is 4.62. The van der Waals surface area contributed by atoms with Gasteiger partial charge in [0.2, 0.25) is 5.95 Å². The van der Waals surface area contributed by atoms with Crippen molar-refractivity contribution in [3.8, 4) is 0 Å². The first-order valence-electron chi connectivity index (χ1n) is 9.67. The van der Waals surface area contributed by atoms with Gasteiger partial charge in [-0.15, -0.1) is 11.3 Å². The number of hydrogen-bond acceptors (Lipinski definition) is 8. The quantitative estimate of drug-likeness (QED) is 0.805. The lowest BCUT2D eigenvalue weighted by molar-refractivity contribution is 0.00764. The maximum Gasteiger partial charge on any atom is 0.351 e. The molecule has 2 aromatic heterocycles. The van der Waals surface area contributed by atoms with E-state index in [-0.39, 0.29) is 0 Å². The van der Waals surface area contributed by atoms with Crippen molar-refractivity contribution in [3.63, 3.8) is 0 Å². The number of nitrogen functional groups attached to an aromatic ring is 1. The number of rotatable bonds is 3. The standard InChI is InChI=1S/C19H27N5O2S/c1-19(2,3)26-17(25)14-13(20)12-15(23-8-4-5-9-23)21-18(22-16(12)27-14)24-10-6-7-11-24/h4-11,20H2,1-3H3. The van der Waals surface area contributed by atoms with E-state index in [1.165, 1.54) is 11.3 Å². The Kier molecular flexibility index (Phi) is 4.61. The lowest BCUT2D eigenvalue weighted by Crippen LogP contribution is -2.24. The average molecular weight is 390 g/mol. The number of esters is 1. The molecule has 0 aliphatic carbocycles. The molecule has 0 atom stereocenters. The molecule has 0 radical (unpaired) electrons. The number of fused-ring (bicyclic) bond motifs is 1. The summed E-state index contributed by atoms with van der Waals surface area (Å²) >= 11 is 1.31. The molecule has 2 saturated heterocycles. The Morgan fingerprint density at radius 3 is 2.22 bits per heavy atom. The normalized spacial score (nSPS) is 17.9. The van der Waals surface area contributed by atoms with E-state index in [4.69, 9.17) is 20.4 Å². The molecule has 0 saturated carbocycles. The topological polar surface area (TPSA) is 84.6 Å². The Hall–Kier alpha value is -2.09. The monoisotopic (exact) mass is 389 g/mol. The molecule has 7 nitrogen and oxygen atoms in total. The molecule has 0 spiro atoms. The molecule has 2 aromatic rings. The highest BCUT2D eigenvalue weighted by molar-refractivity contribution is 7.21. The first-order chi connectivity index (χ1) is 12.8. The van der Waals surface area contributed by atoms with Crippen LogP contribution >= 0.6 is 11.3 Å². The molecule has 2 fully saturated rings. The summed E-state index contributed by atoms with van der Waals surface area (Å²) in [6, 6.07) is 0. The van der Waals surface area contributed by atoms with Gasteiger partial charge in [-0.25, -0.2) is 9.78 Å². The van der Waals surface area contributed by atoms with Crippen LogP contribution in [0.15, 0.2) is 0 Å². The van der Waals surface area contributed by atoms with Gasteiger partial charge in [-0.2, -0.15) is 4.98 Å². The SMILES string of the molecule is CC(C)(C)OC(=O)c1sc2nc(N3CCCC3)nc(N3CCCC3)c2c1N. The van der Waals surface area contributed by atoms with E-state index >= 15 is 0 Å². The predicted molar refractivity (Wildman–Crippen MR) is 110 cm³/mol. The summed E-state index contributed by atoms with van der Waals surface area (Å²) in [4.78, 5) is 28.0. The second kappa shape index (κ2) is 6.82. The molecule has 8 heteroatoms. The highest BCUT2D eigenvalue weighted by Gasteiger charge is 2.29. The number of anilines is 3. The molecule has 4 rings (SSSR count). The molecule has 27 heavy (non-hydrogen) atoms. The van der Waals surface area contributed by atoms with Crippen LogP contribution in [0, 0.1) is 0 Å². The van der Waals surface area contributed by atoms with E-state index in [2.05, 4.69) is 9.80 Å². The maximum atomic E-state index is 12.7. The number of hydrogen-bond donors (Lipinski definition) is 1. The summed E-state index contributed by atoms with van der Waals surface area (Å²) < 4.78 is 5.55. The number of nitrogens with zero attached hydrogens (tertiary/aromatic N) is 4. The Bertz CT molecular complexity index is 861. The van der Waals surface area contributed by atoms with E-state index in [0.717, 1.165) is 73.8 Å². The van der Waals surface area contributed by atoms with Crippen molar-refractivity contribution in [3.05, 3.63) is 4.88 Å². The van der Waals surface area contributed by atoms with Crippen LogP contribution in [0.5, 0.6) is 0 Å². The van der Waals surface area contributed by atoms with Crippen molar-refractivity contribution in [2.45, 2.75) is 52.1 Å². The van der Waals surface area contributed by atoms with Crippen molar-refractivity contribution in [2.75, 3.05) is 41.7 Å². The summed E-state index contributed by atoms with van der Waals surface area (Å²) in [6.45, 7) is 9.45. The lowest BCUT2D eigenvalue weighted by atomic mass is 10.2. The van der Waals surface area contributed by atoms with E-state index in [9.17, 15) is 4.79 Å². The summed E-state index contributed by atoms with van der Waals surface area (Å²) in [7, 11) is 0. The molecule has 0 aromatic carbocycles. The molecular weight excluding hydrogens is 362 g/mol. The van der Waals surface area contributed by atoms with Crippen molar-refractivity contribution < 1.29 is 9.53 Å². The van der Waals surface area contributed by atoms with Gasteiger partial charge in [0.05, 0.1) is 11.1 Å². The van der Waals surface area contributed by atoms with Gasteiger partial charge < -0.3 is 20.3 Å². The largest absolute Gasteiger partial charge is 0.456 e.